The predicted molar refractivity (Wildman–Crippen MR) is 83.2 cm³/mol. The van der Waals surface area contributed by atoms with Crippen molar-refractivity contribution in [1.82, 2.24) is 9.78 Å². The van der Waals surface area contributed by atoms with E-state index in [1.165, 1.54) is 9.75 Å². The quantitative estimate of drug-likeness (QED) is 0.800. The molecule has 4 heteroatoms. The number of benzene rings is 1. The van der Waals surface area contributed by atoms with Crippen molar-refractivity contribution in [1.29, 1.82) is 0 Å². The molecule has 0 aliphatic rings. The normalized spacial score (nSPS) is 13.0. The maximum absolute atomic E-state index is 10.5. The molecule has 0 aliphatic heterocycles. The van der Waals surface area contributed by atoms with Gasteiger partial charge in [0.25, 0.3) is 0 Å². The lowest BCUT2D eigenvalue weighted by Gasteiger charge is -2.08. The highest BCUT2D eigenvalue weighted by atomic mass is 32.1. The van der Waals surface area contributed by atoms with Crippen LogP contribution in [0.25, 0.3) is 10.9 Å². The molecule has 0 aliphatic carbocycles. The Bertz CT molecular complexity index is 757. The van der Waals surface area contributed by atoms with Crippen LogP contribution in [0.3, 0.4) is 0 Å². The van der Waals surface area contributed by atoms with E-state index >= 15 is 0 Å². The molecule has 104 valence electrons. The second-order valence-corrected chi connectivity index (χ2v) is 6.64. The van der Waals surface area contributed by atoms with E-state index in [1.807, 2.05) is 23.9 Å². The number of para-hydroxylation sites is 1. The van der Waals surface area contributed by atoms with Gasteiger partial charge >= 0.3 is 0 Å². The molecule has 1 N–H and O–H groups in total. The van der Waals surface area contributed by atoms with Crippen LogP contribution in [0.15, 0.2) is 30.3 Å². The van der Waals surface area contributed by atoms with Crippen molar-refractivity contribution in [2.24, 2.45) is 7.05 Å². The third kappa shape index (κ3) is 2.25. The van der Waals surface area contributed by atoms with Gasteiger partial charge in [-0.15, -0.1) is 11.3 Å². The van der Waals surface area contributed by atoms with Crippen molar-refractivity contribution in [3.63, 3.8) is 0 Å². The first-order valence-electron chi connectivity index (χ1n) is 6.72. The Kier molecular flexibility index (Phi) is 3.36. The fourth-order valence-corrected chi connectivity index (χ4v) is 3.70. The lowest BCUT2D eigenvalue weighted by Crippen LogP contribution is -2.03. The van der Waals surface area contributed by atoms with Gasteiger partial charge in [0.2, 0.25) is 0 Å². The van der Waals surface area contributed by atoms with Gasteiger partial charge in [-0.2, -0.15) is 5.10 Å². The standard InChI is InChI=1S/C16H18N2OS/c1-10-8-13(11(2)20-10)16(19)9-14-12-6-4-5-7-15(12)18(3)17-14/h4-8,16,19H,9H2,1-3H3. The van der Waals surface area contributed by atoms with E-state index in [0.717, 1.165) is 22.2 Å². The molecule has 3 aromatic rings. The van der Waals surface area contributed by atoms with Gasteiger partial charge < -0.3 is 5.11 Å². The van der Waals surface area contributed by atoms with Crippen molar-refractivity contribution in [3.05, 3.63) is 51.3 Å². The van der Waals surface area contributed by atoms with Crippen LogP contribution in [-0.2, 0) is 13.5 Å². The van der Waals surface area contributed by atoms with Crippen molar-refractivity contribution in [2.75, 3.05) is 0 Å². The molecule has 0 saturated heterocycles. The fourth-order valence-electron chi connectivity index (χ4n) is 2.71. The first kappa shape index (κ1) is 13.3. The number of aliphatic hydroxyl groups is 1. The second kappa shape index (κ2) is 5.04. The topological polar surface area (TPSA) is 38.1 Å². The van der Waals surface area contributed by atoms with E-state index in [2.05, 4.69) is 37.1 Å². The molecule has 20 heavy (non-hydrogen) atoms. The molecule has 0 fully saturated rings. The molecule has 0 radical (unpaired) electrons. The highest BCUT2D eigenvalue weighted by Crippen LogP contribution is 2.29. The second-order valence-electron chi connectivity index (χ2n) is 5.18. The molecule has 1 aromatic carbocycles. The van der Waals surface area contributed by atoms with Crippen LogP contribution in [0.2, 0.25) is 0 Å². The number of rotatable bonds is 3. The number of aliphatic hydroxyl groups excluding tert-OH is 1. The van der Waals surface area contributed by atoms with E-state index in [9.17, 15) is 5.11 Å². The van der Waals surface area contributed by atoms with Crippen LogP contribution in [0.4, 0.5) is 0 Å². The predicted octanol–water partition coefficient (Wildman–Crippen LogP) is 3.53. The van der Waals surface area contributed by atoms with Crippen LogP contribution < -0.4 is 0 Å². The Morgan fingerprint density at radius 3 is 2.75 bits per heavy atom. The summed E-state index contributed by atoms with van der Waals surface area (Å²) in [6.45, 7) is 4.14. The molecular formula is C16H18N2OS. The number of hydrogen-bond acceptors (Lipinski definition) is 3. The summed E-state index contributed by atoms with van der Waals surface area (Å²) in [5, 5.41) is 16.2. The highest BCUT2D eigenvalue weighted by Gasteiger charge is 2.17. The Morgan fingerprint density at radius 2 is 2.05 bits per heavy atom. The minimum Gasteiger partial charge on any atom is -0.388 e. The summed E-state index contributed by atoms with van der Waals surface area (Å²) in [5.41, 5.74) is 3.09. The summed E-state index contributed by atoms with van der Waals surface area (Å²) in [6.07, 6.45) is 0.0662. The summed E-state index contributed by atoms with van der Waals surface area (Å²) >= 11 is 1.73. The van der Waals surface area contributed by atoms with Gasteiger partial charge in [0, 0.05) is 28.6 Å². The van der Waals surface area contributed by atoms with Gasteiger partial charge in [-0.1, -0.05) is 18.2 Å². The van der Waals surface area contributed by atoms with E-state index in [1.54, 1.807) is 11.3 Å². The fraction of sp³-hybridized carbons (Fsp3) is 0.312. The van der Waals surface area contributed by atoms with Crippen LogP contribution in [0, 0.1) is 13.8 Å². The third-order valence-corrected chi connectivity index (χ3v) is 4.64. The van der Waals surface area contributed by atoms with Gasteiger partial charge in [-0.25, -0.2) is 0 Å². The molecule has 3 rings (SSSR count). The molecule has 1 unspecified atom stereocenters. The monoisotopic (exact) mass is 286 g/mol. The van der Waals surface area contributed by atoms with Gasteiger partial charge in [-0.05, 0) is 31.5 Å². The zero-order chi connectivity index (χ0) is 14.3. The van der Waals surface area contributed by atoms with Crippen LogP contribution >= 0.6 is 11.3 Å². The Labute approximate surface area is 122 Å². The summed E-state index contributed by atoms with van der Waals surface area (Å²) in [7, 11) is 1.94. The van der Waals surface area contributed by atoms with Crippen molar-refractivity contribution < 1.29 is 5.11 Å². The summed E-state index contributed by atoms with van der Waals surface area (Å²) in [6, 6.07) is 10.2. The lowest BCUT2D eigenvalue weighted by atomic mass is 10.0. The van der Waals surface area contributed by atoms with Crippen LogP contribution in [0.5, 0.6) is 0 Å². The van der Waals surface area contributed by atoms with E-state index in [4.69, 9.17) is 0 Å². The summed E-state index contributed by atoms with van der Waals surface area (Å²) in [5.74, 6) is 0. The Hall–Kier alpha value is -1.65. The number of fused-ring (bicyclic) bond motifs is 1. The van der Waals surface area contributed by atoms with Crippen LogP contribution in [-0.4, -0.2) is 14.9 Å². The average Bonchev–Trinajstić information content (AvgIpc) is 2.91. The van der Waals surface area contributed by atoms with E-state index in [-0.39, 0.29) is 0 Å². The molecule has 3 nitrogen and oxygen atoms in total. The molecular weight excluding hydrogens is 268 g/mol. The Morgan fingerprint density at radius 1 is 1.30 bits per heavy atom. The van der Waals surface area contributed by atoms with Crippen LogP contribution in [0.1, 0.15) is 27.1 Å². The van der Waals surface area contributed by atoms with Crippen molar-refractivity contribution in [2.45, 2.75) is 26.4 Å². The number of aromatic nitrogens is 2. The zero-order valence-electron chi connectivity index (χ0n) is 11.9. The highest BCUT2D eigenvalue weighted by molar-refractivity contribution is 7.12. The van der Waals surface area contributed by atoms with E-state index < -0.39 is 6.10 Å². The average molecular weight is 286 g/mol. The minimum absolute atomic E-state index is 0.488. The van der Waals surface area contributed by atoms with Crippen molar-refractivity contribution >= 4 is 22.2 Å². The molecule has 0 spiro atoms. The Balaban J connectivity index is 1.95. The molecule has 0 amide bonds. The maximum atomic E-state index is 10.5. The summed E-state index contributed by atoms with van der Waals surface area (Å²) in [4.78, 5) is 2.43. The third-order valence-electron chi connectivity index (χ3n) is 3.66. The molecule has 0 saturated carbocycles. The number of aryl methyl sites for hydroxylation is 3. The first-order valence-corrected chi connectivity index (χ1v) is 7.53. The summed E-state index contributed by atoms with van der Waals surface area (Å²) < 4.78 is 1.88. The zero-order valence-corrected chi connectivity index (χ0v) is 12.7. The number of hydrogen-bond donors (Lipinski definition) is 1. The number of nitrogens with zero attached hydrogens (tertiary/aromatic N) is 2. The van der Waals surface area contributed by atoms with Gasteiger partial charge in [0.15, 0.2) is 0 Å². The molecule has 2 heterocycles. The molecule has 2 aromatic heterocycles. The smallest absolute Gasteiger partial charge is 0.0857 e. The van der Waals surface area contributed by atoms with Crippen molar-refractivity contribution in [3.8, 4) is 0 Å². The largest absolute Gasteiger partial charge is 0.388 e. The minimum atomic E-state index is -0.488. The van der Waals surface area contributed by atoms with Gasteiger partial charge in [0.05, 0.1) is 17.3 Å². The first-order chi connectivity index (χ1) is 9.56. The van der Waals surface area contributed by atoms with Gasteiger partial charge in [0.1, 0.15) is 0 Å². The molecule has 1 atom stereocenters. The molecule has 0 bridgehead atoms. The lowest BCUT2D eigenvalue weighted by molar-refractivity contribution is 0.177. The maximum Gasteiger partial charge on any atom is 0.0857 e. The van der Waals surface area contributed by atoms with Gasteiger partial charge in [-0.3, -0.25) is 4.68 Å². The SMILES string of the molecule is Cc1cc(C(O)Cc2nn(C)c3ccccc23)c(C)s1. The number of thiophene rings is 1. The van der Waals surface area contributed by atoms with E-state index in [0.29, 0.717) is 6.42 Å².